The molecule has 0 radical (unpaired) electrons. The Morgan fingerprint density at radius 1 is 0.193 bits per heavy atom. The quantitative estimate of drug-likeness (QED) is 0.168. The van der Waals surface area contributed by atoms with E-state index in [2.05, 4.69) is 226 Å². The van der Waals surface area contributed by atoms with Crippen molar-refractivity contribution in [3.05, 3.63) is 212 Å². The summed E-state index contributed by atoms with van der Waals surface area (Å²) in [4.78, 5) is 0. The Kier molecular flexibility index (Phi) is 6.93. The highest BCUT2D eigenvalue weighted by molar-refractivity contribution is 6.19. The van der Waals surface area contributed by atoms with Crippen LogP contribution in [0, 0.1) is 0 Å². The highest BCUT2D eigenvalue weighted by Crippen LogP contribution is 2.41. The van der Waals surface area contributed by atoms with Crippen LogP contribution in [0.2, 0.25) is 0 Å². The molecule has 3 heteroatoms. The zero-order valence-electron chi connectivity index (χ0n) is 31.0. The van der Waals surface area contributed by atoms with Crippen molar-refractivity contribution in [3.63, 3.8) is 0 Å². The van der Waals surface area contributed by atoms with Crippen LogP contribution in [0.4, 0.5) is 0 Å². The summed E-state index contributed by atoms with van der Waals surface area (Å²) in [6.45, 7) is 0. The molecule has 0 fully saturated rings. The Labute approximate surface area is 329 Å². The predicted molar refractivity (Wildman–Crippen MR) is 240 cm³/mol. The monoisotopic (exact) mass is 725 g/mol. The van der Waals surface area contributed by atoms with Gasteiger partial charge in [-0.25, -0.2) is 0 Å². The lowest BCUT2D eigenvalue weighted by atomic mass is 10.0. The maximum absolute atomic E-state index is 2.45. The van der Waals surface area contributed by atoms with E-state index in [0.29, 0.717) is 0 Å². The summed E-state index contributed by atoms with van der Waals surface area (Å²) in [5.41, 5.74) is 15.4. The van der Waals surface area contributed by atoms with Crippen molar-refractivity contribution in [2.45, 2.75) is 0 Å². The van der Waals surface area contributed by atoms with Gasteiger partial charge in [-0.05, 0) is 95.1 Å². The van der Waals surface area contributed by atoms with Crippen LogP contribution in [0.3, 0.4) is 0 Å². The van der Waals surface area contributed by atoms with Crippen molar-refractivity contribution in [2.75, 3.05) is 0 Å². The number of aromatic nitrogens is 3. The smallest absolute Gasteiger partial charge is 0.0562 e. The molecule has 9 aromatic carbocycles. The van der Waals surface area contributed by atoms with Crippen molar-refractivity contribution in [1.82, 2.24) is 13.7 Å². The Bertz CT molecular complexity index is 3450. The van der Waals surface area contributed by atoms with Crippen LogP contribution in [0.5, 0.6) is 0 Å². The van der Waals surface area contributed by atoms with Gasteiger partial charge in [-0.3, -0.25) is 0 Å². The van der Waals surface area contributed by atoms with Gasteiger partial charge in [-0.2, -0.15) is 0 Å². The van der Waals surface area contributed by atoms with E-state index in [1.807, 2.05) is 0 Å². The Morgan fingerprint density at radius 3 is 1.04 bits per heavy atom. The van der Waals surface area contributed by atoms with Gasteiger partial charge in [-0.1, -0.05) is 140 Å². The lowest BCUT2D eigenvalue weighted by molar-refractivity contribution is 1.16. The second-order valence-electron chi connectivity index (χ2n) is 15.0. The molecule has 0 unspecified atom stereocenters. The molecule has 0 bridgehead atoms. The molecule has 3 nitrogen and oxygen atoms in total. The summed E-state index contributed by atoms with van der Waals surface area (Å²) in [5, 5.41) is 7.55. The average molecular weight is 726 g/mol. The van der Waals surface area contributed by atoms with E-state index in [0.717, 1.165) is 17.1 Å². The fraction of sp³-hybridized carbons (Fsp3) is 0. The third kappa shape index (κ3) is 4.86. The molecule has 0 saturated carbocycles. The molecule has 12 aromatic rings. The number of para-hydroxylation sites is 4. The lowest BCUT2D eigenvalue weighted by Gasteiger charge is -2.13. The molecule has 3 aromatic heterocycles. The molecule has 0 N–H and O–H groups in total. The first kappa shape index (κ1) is 31.7. The normalized spacial score (nSPS) is 11.9. The molecule has 0 aliphatic rings. The molecule has 12 rings (SSSR count). The molecule has 0 saturated heterocycles. The molecule has 0 aliphatic heterocycles. The van der Waals surface area contributed by atoms with Crippen molar-refractivity contribution < 1.29 is 0 Å². The minimum absolute atomic E-state index is 1.14. The topological polar surface area (TPSA) is 14.8 Å². The van der Waals surface area contributed by atoms with Crippen LogP contribution in [-0.2, 0) is 0 Å². The lowest BCUT2D eigenvalue weighted by Crippen LogP contribution is -1.97. The summed E-state index contributed by atoms with van der Waals surface area (Å²) in [6, 6.07) is 77.4. The second kappa shape index (κ2) is 12.5. The standard InChI is InChI=1S/C54H35N3/c1-2-14-36(15-3-1)38-16-12-18-41(32-38)56-51-26-10-6-22-45(51)47-34-48-46-23-7-11-27-52(46)57(54(48)35-53(47)56)42-19-13-17-39(33-42)37-28-30-40(31-29-37)55-49-24-8-4-20-43(49)44-21-5-9-25-50(44)55/h1-35H. The van der Waals surface area contributed by atoms with Crippen LogP contribution in [0.1, 0.15) is 0 Å². The van der Waals surface area contributed by atoms with Crippen LogP contribution in [-0.4, -0.2) is 13.7 Å². The van der Waals surface area contributed by atoms with E-state index in [4.69, 9.17) is 0 Å². The Balaban J connectivity index is 1.03. The molecule has 266 valence electrons. The predicted octanol–water partition coefficient (Wildman–Crippen LogP) is 14.3. The maximum atomic E-state index is 2.45. The van der Waals surface area contributed by atoms with E-state index in [-0.39, 0.29) is 0 Å². The van der Waals surface area contributed by atoms with E-state index in [1.165, 1.54) is 87.7 Å². The third-order valence-corrected chi connectivity index (χ3v) is 11.8. The first-order valence-electron chi connectivity index (χ1n) is 19.6. The van der Waals surface area contributed by atoms with Gasteiger partial charge in [-0.15, -0.1) is 0 Å². The number of benzene rings is 9. The van der Waals surface area contributed by atoms with Crippen LogP contribution < -0.4 is 0 Å². The van der Waals surface area contributed by atoms with Crippen LogP contribution >= 0.6 is 0 Å². The first-order chi connectivity index (χ1) is 28.3. The zero-order valence-corrected chi connectivity index (χ0v) is 31.0. The highest BCUT2D eigenvalue weighted by atomic mass is 15.0. The minimum Gasteiger partial charge on any atom is -0.309 e. The fourth-order valence-electron chi connectivity index (χ4n) is 9.27. The van der Waals surface area contributed by atoms with Gasteiger partial charge in [0.15, 0.2) is 0 Å². The molecule has 0 amide bonds. The zero-order chi connectivity index (χ0) is 37.5. The fourth-order valence-corrected chi connectivity index (χ4v) is 9.27. The van der Waals surface area contributed by atoms with Gasteiger partial charge in [0.25, 0.3) is 0 Å². The largest absolute Gasteiger partial charge is 0.309 e. The SMILES string of the molecule is c1ccc(-c2cccc(-n3c4ccccc4c4cc5c6ccccc6n(-c6cccc(-c7ccc(-n8c9ccccc9c9ccccc98)cc7)c6)c5cc43)c2)cc1. The van der Waals surface area contributed by atoms with Gasteiger partial charge in [0, 0.05) is 49.4 Å². The highest BCUT2D eigenvalue weighted by Gasteiger charge is 2.19. The van der Waals surface area contributed by atoms with Gasteiger partial charge in [0.2, 0.25) is 0 Å². The van der Waals surface area contributed by atoms with Gasteiger partial charge < -0.3 is 13.7 Å². The Morgan fingerprint density at radius 2 is 0.561 bits per heavy atom. The molecular formula is C54H35N3. The number of hydrogen-bond acceptors (Lipinski definition) is 0. The molecule has 0 atom stereocenters. The van der Waals surface area contributed by atoms with Crippen LogP contribution in [0.25, 0.3) is 105 Å². The van der Waals surface area contributed by atoms with Crippen molar-refractivity contribution in [1.29, 1.82) is 0 Å². The number of nitrogens with zero attached hydrogens (tertiary/aromatic N) is 3. The minimum atomic E-state index is 1.14. The maximum Gasteiger partial charge on any atom is 0.0562 e. The number of hydrogen-bond donors (Lipinski definition) is 0. The van der Waals surface area contributed by atoms with Gasteiger partial charge >= 0.3 is 0 Å². The second-order valence-corrected chi connectivity index (χ2v) is 15.0. The molecule has 3 heterocycles. The summed E-state index contributed by atoms with van der Waals surface area (Å²) in [5.74, 6) is 0. The van der Waals surface area contributed by atoms with Crippen LogP contribution in [0.15, 0.2) is 212 Å². The third-order valence-electron chi connectivity index (χ3n) is 11.8. The average Bonchev–Trinajstić information content (AvgIpc) is 3.91. The summed E-state index contributed by atoms with van der Waals surface area (Å²) >= 11 is 0. The van der Waals surface area contributed by atoms with Gasteiger partial charge in [0.1, 0.15) is 0 Å². The molecular weight excluding hydrogens is 691 g/mol. The van der Waals surface area contributed by atoms with Crippen molar-refractivity contribution in [3.8, 4) is 39.3 Å². The van der Waals surface area contributed by atoms with E-state index in [1.54, 1.807) is 0 Å². The first-order valence-corrected chi connectivity index (χ1v) is 19.6. The summed E-state index contributed by atoms with van der Waals surface area (Å²) < 4.78 is 7.26. The molecule has 0 aliphatic carbocycles. The summed E-state index contributed by atoms with van der Waals surface area (Å²) in [6.07, 6.45) is 0. The van der Waals surface area contributed by atoms with Crippen molar-refractivity contribution in [2.24, 2.45) is 0 Å². The van der Waals surface area contributed by atoms with E-state index in [9.17, 15) is 0 Å². The number of rotatable bonds is 5. The Hall–Kier alpha value is -7.62. The van der Waals surface area contributed by atoms with Gasteiger partial charge in [0.05, 0.1) is 33.1 Å². The van der Waals surface area contributed by atoms with E-state index < -0.39 is 0 Å². The molecule has 57 heavy (non-hydrogen) atoms. The van der Waals surface area contributed by atoms with E-state index >= 15 is 0 Å². The van der Waals surface area contributed by atoms with Crippen molar-refractivity contribution >= 4 is 65.4 Å². The number of fused-ring (bicyclic) bond motifs is 9. The molecule has 0 spiro atoms. The summed E-state index contributed by atoms with van der Waals surface area (Å²) in [7, 11) is 0.